The molecule has 4 heterocycles. The molecule has 0 spiro atoms. The Hall–Kier alpha value is -3.77. The van der Waals surface area contributed by atoms with Crippen LogP contribution in [-0.4, -0.2) is 58.8 Å². The van der Waals surface area contributed by atoms with Crippen LogP contribution in [0, 0.1) is 13.8 Å². The van der Waals surface area contributed by atoms with Crippen LogP contribution in [0.2, 0.25) is 0 Å². The van der Waals surface area contributed by atoms with Crippen molar-refractivity contribution in [2.45, 2.75) is 18.7 Å². The zero-order valence-electron chi connectivity index (χ0n) is 18.6. The van der Waals surface area contributed by atoms with Crippen LogP contribution in [0.4, 0.5) is 17.5 Å². The average Bonchev–Trinajstić information content (AvgIpc) is 3.18. The Labute approximate surface area is 195 Å². The molecule has 34 heavy (non-hydrogen) atoms. The van der Waals surface area contributed by atoms with E-state index in [1.165, 1.54) is 22.5 Å². The second-order valence-electron chi connectivity index (χ2n) is 8.07. The molecule has 1 aliphatic heterocycles. The van der Waals surface area contributed by atoms with Gasteiger partial charge in [-0.05, 0) is 49.7 Å². The second-order valence-corrected chi connectivity index (χ2v) is 10.0. The number of benzene rings is 1. The summed E-state index contributed by atoms with van der Waals surface area (Å²) in [5.74, 6) is 2.02. The first-order valence-electron chi connectivity index (χ1n) is 10.7. The largest absolute Gasteiger partial charge is 0.417 e. The number of oxazole rings is 1. The highest BCUT2D eigenvalue weighted by Crippen LogP contribution is 2.24. The number of hydrogen-bond acceptors (Lipinski definition) is 9. The molecule has 0 saturated carbocycles. The fourth-order valence-electron chi connectivity index (χ4n) is 3.91. The molecule has 11 nitrogen and oxygen atoms in total. The van der Waals surface area contributed by atoms with Gasteiger partial charge in [0.05, 0.1) is 10.4 Å². The van der Waals surface area contributed by atoms with Crippen LogP contribution in [0.1, 0.15) is 11.4 Å². The molecule has 12 heteroatoms. The van der Waals surface area contributed by atoms with Gasteiger partial charge in [0.15, 0.2) is 5.58 Å². The number of anilines is 3. The molecular weight excluding hydrogens is 458 g/mol. The quantitative estimate of drug-likeness (QED) is 0.439. The van der Waals surface area contributed by atoms with Crippen molar-refractivity contribution in [1.29, 1.82) is 0 Å². The highest BCUT2D eigenvalue weighted by Gasteiger charge is 2.29. The molecule has 1 saturated heterocycles. The third-order valence-electron chi connectivity index (χ3n) is 5.59. The molecule has 2 N–H and O–H groups in total. The SMILES string of the molecule is Cc1ccnc(Nc2cc(N3CCN(S(=O)(=O)c4ccc5oc(=O)[nH]c5c4)CC3)nc(C)n2)c1. The number of piperazine rings is 1. The number of nitrogens with zero attached hydrogens (tertiary/aromatic N) is 5. The summed E-state index contributed by atoms with van der Waals surface area (Å²) in [6.07, 6.45) is 1.73. The summed E-state index contributed by atoms with van der Waals surface area (Å²) in [4.78, 5) is 29.3. The Morgan fingerprint density at radius 3 is 2.56 bits per heavy atom. The molecule has 1 aliphatic rings. The zero-order valence-corrected chi connectivity index (χ0v) is 19.5. The summed E-state index contributed by atoms with van der Waals surface area (Å²) in [5, 5.41) is 3.21. The molecule has 0 amide bonds. The van der Waals surface area contributed by atoms with E-state index >= 15 is 0 Å². The van der Waals surface area contributed by atoms with Crippen LogP contribution < -0.4 is 16.0 Å². The summed E-state index contributed by atoms with van der Waals surface area (Å²) < 4.78 is 32.7. The van der Waals surface area contributed by atoms with Crippen LogP contribution in [0.25, 0.3) is 11.1 Å². The Kier molecular flexibility index (Phi) is 5.54. The number of rotatable bonds is 5. The van der Waals surface area contributed by atoms with E-state index in [0.717, 1.165) is 11.4 Å². The normalized spacial score (nSPS) is 15.1. The monoisotopic (exact) mass is 481 g/mol. The molecule has 0 bridgehead atoms. The van der Waals surface area contributed by atoms with Gasteiger partial charge in [0.25, 0.3) is 0 Å². The highest BCUT2D eigenvalue weighted by molar-refractivity contribution is 7.89. The Morgan fingerprint density at radius 2 is 1.79 bits per heavy atom. The number of aromatic amines is 1. The van der Waals surface area contributed by atoms with E-state index in [0.29, 0.717) is 54.7 Å². The predicted molar refractivity (Wildman–Crippen MR) is 127 cm³/mol. The van der Waals surface area contributed by atoms with Crippen molar-refractivity contribution < 1.29 is 12.8 Å². The van der Waals surface area contributed by atoms with Gasteiger partial charge < -0.3 is 14.6 Å². The van der Waals surface area contributed by atoms with Crippen LogP contribution in [-0.2, 0) is 10.0 Å². The lowest BCUT2D eigenvalue weighted by Gasteiger charge is -2.34. The lowest BCUT2D eigenvalue weighted by atomic mass is 10.3. The standard InChI is InChI=1S/C22H23N7O4S/c1-14-5-6-23-19(11-14)27-20-13-21(25-15(2)24-20)28-7-9-29(10-8-28)34(31,32)16-3-4-18-17(12-16)26-22(30)33-18/h3-6,11-13H,7-10H2,1-2H3,(H,26,30)(H,23,24,25,27). The first-order valence-corrected chi connectivity index (χ1v) is 12.2. The molecule has 0 unspecified atom stereocenters. The van der Waals surface area contributed by atoms with Crippen molar-refractivity contribution in [3.8, 4) is 0 Å². The van der Waals surface area contributed by atoms with E-state index in [1.54, 1.807) is 6.20 Å². The smallest absolute Gasteiger partial charge is 0.408 e. The van der Waals surface area contributed by atoms with Crippen molar-refractivity contribution in [3.05, 3.63) is 64.5 Å². The van der Waals surface area contributed by atoms with Gasteiger partial charge >= 0.3 is 5.76 Å². The van der Waals surface area contributed by atoms with Crippen LogP contribution in [0.15, 0.2) is 56.7 Å². The van der Waals surface area contributed by atoms with Gasteiger partial charge in [0, 0.05) is 38.4 Å². The minimum absolute atomic E-state index is 0.112. The van der Waals surface area contributed by atoms with Gasteiger partial charge in [-0.1, -0.05) is 0 Å². The maximum atomic E-state index is 13.2. The molecule has 0 atom stereocenters. The number of aryl methyl sites for hydroxylation is 2. The van der Waals surface area contributed by atoms with Crippen LogP contribution >= 0.6 is 0 Å². The number of hydrogen-bond donors (Lipinski definition) is 2. The van der Waals surface area contributed by atoms with Gasteiger partial charge in [-0.15, -0.1) is 0 Å². The molecule has 0 aliphatic carbocycles. The number of H-pyrrole nitrogens is 1. The molecule has 1 aromatic carbocycles. The van der Waals surface area contributed by atoms with Crippen molar-refractivity contribution in [2.24, 2.45) is 0 Å². The Bertz CT molecular complexity index is 1520. The van der Waals surface area contributed by atoms with Crippen molar-refractivity contribution in [3.63, 3.8) is 0 Å². The highest BCUT2D eigenvalue weighted by atomic mass is 32.2. The summed E-state index contributed by atoms with van der Waals surface area (Å²) in [6, 6.07) is 10.0. The minimum atomic E-state index is -3.72. The lowest BCUT2D eigenvalue weighted by molar-refractivity contribution is 0.383. The van der Waals surface area contributed by atoms with E-state index in [9.17, 15) is 13.2 Å². The maximum Gasteiger partial charge on any atom is 0.417 e. The fraction of sp³-hybridized carbons (Fsp3) is 0.273. The molecular formula is C22H23N7O4S. The Morgan fingerprint density at radius 1 is 1.00 bits per heavy atom. The lowest BCUT2D eigenvalue weighted by Crippen LogP contribution is -2.49. The molecule has 176 valence electrons. The van der Waals surface area contributed by atoms with E-state index in [1.807, 2.05) is 36.9 Å². The second kappa shape index (κ2) is 8.54. The summed E-state index contributed by atoms with van der Waals surface area (Å²) in [6.45, 7) is 5.35. The van der Waals surface area contributed by atoms with Crippen LogP contribution in [0.3, 0.4) is 0 Å². The first kappa shape index (κ1) is 22.0. The number of sulfonamides is 1. The first-order chi connectivity index (χ1) is 16.3. The fourth-order valence-corrected chi connectivity index (χ4v) is 5.36. The molecule has 0 radical (unpaired) electrons. The Balaban J connectivity index is 1.31. The minimum Gasteiger partial charge on any atom is -0.408 e. The van der Waals surface area contributed by atoms with Gasteiger partial charge in [0.2, 0.25) is 10.0 Å². The summed E-state index contributed by atoms with van der Waals surface area (Å²) >= 11 is 0. The molecule has 5 rings (SSSR count). The predicted octanol–water partition coefficient (Wildman–Crippen LogP) is 2.18. The average molecular weight is 482 g/mol. The zero-order chi connectivity index (χ0) is 23.9. The van der Waals surface area contributed by atoms with E-state index in [4.69, 9.17) is 4.42 Å². The van der Waals surface area contributed by atoms with Gasteiger partial charge in [-0.3, -0.25) is 4.98 Å². The number of pyridine rings is 1. The van der Waals surface area contributed by atoms with E-state index in [-0.39, 0.29) is 4.90 Å². The third-order valence-corrected chi connectivity index (χ3v) is 7.48. The van der Waals surface area contributed by atoms with Gasteiger partial charge in [0.1, 0.15) is 23.3 Å². The molecule has 4 aromatic rings. The van der Waals surface area contributed by atoms with Crippen molar-refractivity contribution in [2.75, 3.05) is 36.4 Å². The third kappa shape index (κ3) is 4.37. The van der Waals surface area contributed by atoms with Crippen molar-refractivity contribution >= 4 is 38.6 Å². The number of fused-ring (bicyclic) bond motifs is 1. The van der Waals surface area contributed by atoms with E-state index < -0.39 is 15.8 Å². The topological polar surface area (TPSA) is 137 Å². The van der Waals surface area contributed by atoms with Crippen LogP contribution in [0.5, 0.6) is 0 Å². The van der Waals surface area contributed by atoms with Gasteiger partial charge in [-0.25, -0.2) is 28.2 Å². The summed E-state index contributed by atoms with van der Waals surface area (Å²) in [7, 11) is -3.72. The van der Waals surface area contributed by atoms with E-state index in [2.05, 4.69) is 25.3 Å². The summed E-state index contributed by atoms with van der Waals surface area (Å²) in [5.41, 5.74) is 1.75. The van der Waals surface area contributed by atoms with Gasteiger partial charge in [-0.2, -0.15) is 4.31 Å². The maximum absolute atomic E-state index is 13.2. The molecule has 1 fully saturated rings. The number of aromatic nitrogens is 4. The molecule has 3 aromatic heterocycles. The number of nitrogens with one attached hydrogen (secondary N) is 2. The van der Waals surface area contributed by atoms with Crippen molar-refractivity contribution in [1.82, 2.24) is 24.2 Å².